The monoisotopic (exact) mass is 342 g/mol. The molecule has 1 N–H and O–H groups in total. The van der Waals surface area contributed by atoms with E-state index in [1.807, 2.05) is 18.2 Å². The van der Waals surface area contributed by atoms with Crippen LogP contribution in [0.25, 0.3) is 0 Å². The summed E-state index contributed by atoms with van der Waals surface area (Å²) in [6.07, 6.45) is 0. The minimum atomic E-state index is -4.21. The lowest BCUT2D eigenvalue weighted by atomic mass is 10.3. The Bertz CT molecular complexity index is 855. The molecule has 116 valence electrons. The average Bonchev–Trinajstić information content (AvgIpc) is 2.45. The van der Waals surface area contributed by atoms with Gasteiger partial charge in [-0.25, -0.2) is 0 Å². The summed E-state index contributed by atoms with van der Waals surface area (Å²) in [5.41, 5.74) is 1.02. The van der Waals surface area contributed by atoms with Crippen LogP contribution in [0.15, 0.2) is 69.7 Å². The zero-order valence-electron chi connectivity index (χ0n) is 10.9. The summed E-state index contributed by atoms with van der Waals surface area (Å²) in [4.78, 5) is -0.202. The number of nitrogens with zero attached hydrogens (tertiary/aromatic N) is 2. The number of hydrogen-bond acceptors (Lipinski definition) is 7. The van der Waals surface area contributed by atoms with Crippen molar-refractivity contribution in [3.05, 3.63) is 54.6 Å². The van der Waals surface area contributed by atoms with Gasteiger partial charge in [-0.1, -0.05) is 24.3 Å². The fraction of sp³-hybridized carbons (Fsp3) is 0. The van der Waals surface area contributed by atoms with Gasteiger partial charge in [-0.3, -0.25) is 4.55 Å². The maximum atomic E-state index is 10.9. The van der Waals surface area contributed by atoms with E-state index >= 15 is 0 Å². The maximum absolute atomic E-state index is 10.9. The van der Waals surface area contributed by atoms with Crippen molar-refractivity contribution in [3.8, 4) is 0 Å². The van der Waals surface area contributed by atoms with E-state index in [1.54, 1.807) is 18.2 Å². The van der Waals surface area contributed by atoms with Crippen LogP contribution in [0.2, 0.25) is 0 Å². The van der Waals surface area contributed by atoms with Crippen LogP contribution >= 0.6 is 0 Å². The summed E-state index contributed by atoms with van der Waals surface area (Å²) < 4.78 is 56.1. The van der Waals surface area contributed by atoms with Crippen molar-refractivity contribution < 1.29 is 25.6 Å². The lowest BCUT2D eigenvalue weighted by Gasteiger charge is -1.97. The minimum Gasteiger partial charge on any atom is -0.282 e. The Hall–Kier alpha value is -2.43. The molecular formula is C12H10N2O6S2. The van der Waals surface area contributed by atoms with Gasteiger partial charge >= 0.3 is 10.6 Å². The third-order valence-electron chi connectivity index (χ3n) is 2.15. The molecule has 2 rings (SSSR count). The predicted octanol–water partition coefficient (Wildman–Crippen LogP) is 2.34. The van der Waals surface area contributed by atoms with Crippen LogP contribution in [0.4, 0.5) is 11.4 Å². The SMILES string of the molecule is O=S(=O)(O)c1cccc(N=Nc2ccccc2)c1.O=S(=O)=O. The van der Waals surface area contributed by atoms with E-state index in [0.29, 0.717) is 11.4 Å². The minimum absolute atomic E-state index is 0.202. The highest BCUT2D eigenvalue weighted by molar-refractivity contribution is 7.85. The molecule has 10 heteroatoms. The summed E-state index contributed by atoms with van der Waals surface area (Å²) in [6.45, 7) is 0. The first-order valence-electron chi connectivity index (χ1n) is 5.60. The normalized spacial score (nSPS) is 10.8. The zero-order chi connectivity index (χ0) is 16.6. The third kappa shape index (κ3) is 6.83. The molecule has 22 heavy (non-hydrogen) atoms. The van der Waals surface area contributed by atoms with Gasteiger partial charge in [0.05, 0.1) is 16.3 Å². The molecule has 8 nitrogen and oxygen atoms in total. The molecule has 0 spiro atoms. The highest BCUT2D eigenvalue weighted by Crippen LogP contribution is 2.20. The number of benzene rings is 2. The van der Waals surface area contributed by atoms with Crippen LogP contribution in [0, 0.1) is 0 Å². The van der Waals surface area contributed by atoms with Crippen LogP contribution in [-0.4, -0.2) is 25.6 Å². The Kier molecular flexibility index (Phi) is 6.50. The maximum Gasteiger partial charge on any atom is 0.425 e. The Morgan fingerprint density at radius 2 is 1.32 bits per heavy atom. The summed E-state index contributed by atoms with van der Waals surface area (Å²) in [6, 6.07) is 14.7. The molecule has 0 amide bonds. The van der Waals surface area contributed by atoms with Gasteiger partial charge in [-0.2, -0.15) is 18.6 Å². The van der Waals surface area contributed by atoms with E-state index < -0.39 is 20.7 Å². The molecule has 0 aliphatic heterocycles. The molecule has 0 heterocycles. The largest absolute Gasteiger partial charge is 0.425 e. The van der Waals surface area contributed by atoms with Gasteiger partial charge in [-0.15, -0.1) is 12.6 Å². The summed E-state index contributed by atoms with van der Waals surface area (Å²) in [5.74, 6) is 0. The fourth-order valence-electron chi connectivity index (χ4n) is 1.32. The molecule has 0 aromatic heterocycles. The average molecular weight is 342 g/mol. The summed E-state index contributed by atoms with van der Waals surface area (Å²) in [7, 11) is -7.32. The van der Waals surface area contributed by atoms with E-state index in [1.165, 1.54) is 18.2 Å². The number of hydrogen-bond donors (Lipinski definition) is 1. The third-order valence-corrected chi connectivity index (χ3v) is 3.00. The number of azo groups is 1. The highest BCUT2D eigenvalue weighted by atomic mass is 32.2. The molecule has 0 unspecified atom stereocenters. The second-order valence-corrected chi connectivity index (χ2v) is 5.54. The van der Waals surface area contributed by atoms with Crippen LogP contribution in [0.3, 0.4) is 0 Å². The first kappa shape index (κ1) is 17.6. The highest BCUT2D eigenvalue weighted by Gasteiger charge is 2.09. The fourth-order valence-corrected chi connectivity index (χ4v) is 1.84. The van der Waals surface area contributed by atoms with Gasteiger partial charge in [0, 0.05) is 0 Å². The molecule has 0 fully saturated rings. The van der Waals surface area contributed by atoms with Crippen molar-refractivity contribution in [2.24, 2.45) is 10.2 Å². The molecule has 0 radical (unpaired) electrons. The number of rotatable bonds is 3. The molecule has 2 aromatic rings. The second-order valence-electron chi connectivity index (χ2n) is 3.71. The molecule has 0 bridgehead atoms. The van der Waals surface area contributed by atoms with Gasteiger partial charge in [0.1, 0.15) is 0 Å². The lowest BCUT2D eigenvalue weighted by molar-refractivity contribution is 0.483. The van der Waals surface area contributed by atoms with Crippen molar-refractivity contribution >= 4 is 32.1 Å². The zero-order valence-corrected chi connectivity index (χ0v) is 12.5. The lowest BCUT2D eigenvalue weighted by Crippen LogP contribution is -1.96. The van der Waals surface area contributed by atoms with Gasteiger partial charge < -0.3 is 0 Å². The predicted molar refractivity (Wildman–Crippen MR) is 76.6 cm³/mol. The molecule has 0 saturated carbocycles. The van der Waals surface area contributed by atoms with Crippen LogP contribution in [0.5, 0.6) is 0 Å². The van der Waals surface area contributed by atoms with Crippen LogP contribution in [-0.2, 0) is 20.7 Å². The molecule has 0 aliphatic carbocycles. The summed E-state index contributed by atoms with van der Waals surface area (Å²) in [5, 5.41) is 7.85. The van der Waals surface area contributed by atoms with Crippen molar-refractivity contribution in [3.63, 3.8) is 0 Å². The van der Waals surface area contributed by atoms with Crippen molar-refractivity contribution in [1.29, 1.82) is 0 Å². The van der Waals surface area contributed by atoms with E-state index in [2.05, 4.69) is 10.2 Å². The van der Waals surface area contributed by atoms with Gasteiger partial charge in [0.15, 0.2) is 0 Å². The van der Waals surface area contributed by atoms with Crippen LogP contribution < -0.4 is 0 Å². The van der Waals surface area contributed by atoms with E-state index in [-0.39, 0.29) is 4.90 Å². The van der Waals surface area contributed by atoms with Crippen LogP contribution in [0.1, 0.15) is 0 Å². The molecular weight excluding hydrogens is 332 g/mol. The van der Waals surface area contributed by atoms with E-state index in [4.69, 9.17) is 17.2 Å². The van der Waals surface area contributed by atoms with Crippen molar-refractivity contribution in [2.45, 2.75) is 4.90 Å². The Labute approximate surface area is 128 Å². The van der Waals surface area contributed by atoms with Gasteiger partial charge in [0.25, 0.3) is 10.1 Å². The molecule has 0 atom stereocenters. The van der Waals surface area contributed by atoms with Crippen molar-refractivity contribution in [1.82, 2.24) is 0 Å². The standard InChI is InChI=1S/C12H10N2O3S.O3S/c15-18(16,17)12-8-4-7-11(9-12)14-13-10-5-2-1-3-6-10;1-4(2)3/h1-9H,(H,15,16,17);. The molecule has 0 saturated heterocycles. The smallest absolute Gasteiger partial charge is 0.282 e. The Balaban J connectivity index is 0.000000541. The van der Waals surface area contributed by atoms with Gasteiger partial charge in [-0.05, 0) is 30.3 Å². The Morgan fingerprint density at radius 1 is 0.818 bits per heavy atom. The van der Waals surface area contributed by atoms with E-state index in [9.17, 15) is 8.42 Å². The summed E-state index contributed by atoms with van der Waals surface area (Å²) >= 11 is 0. The van der Waals surface area contributed by atoms with Gasteiger partial charge in [0.2, 0.25) is 0 Å². The first-order valence-corrected chi connectivity index (χ1v) is 8.04. The first-order chi connectivity index (χ1) is 10.3. The second kappa shape index (κ2) is 8.12. The molecule has 2 aromatic carbocycles. The van der Waals surface area contributed by atoms with Crippen molar-refractivity contribution in [2.75, 3.05) is 0 Å². The quantitative estimate of drug-likeness (QED) is 0.673. The topological polar surface area (TPSA) is 130 Å². The van der Waals surface area contributed by atoms with E-state index in [0.717, 1.165) is 0 Å². The Morgan fingerprint density at radius 3 is 1.86 bits per heavy atom. The molecule has 0 aliphatic rings.